The molecule has 57 heavy (non-hydrogen) atoms. The van der Waals surface area contributed by atoms with Crippen molar-refractivity contribution in [3.05, 3.63) is 12.2 Å². The van der Waals surface area contributed by atoms with Crippen molar-refractivity contribution in [3.63, 3.8) is 0 Å². The van der Waals surface area contributed by atoms with Crippen molar-refractivity contribution >= 4 is 19.8 Å². The molecule has 0 aromatic rings. The van der Waals surface area contributed by atoms with Gasteiger partial charge in [0.15, 0.2) is 6.10 Å². The highest BCUT2D eigenvalue weighted by atomic mass is 31.2. The third-order valence-corrected chi connectivity index (χ3v) is 11.6. The first-order valence-corrected chi connectivity index (χ1v) is 25.5. The summed E-state index contributed by atoms with van der Waals surface area (Å²) < 4.78 is 33.6. The molecule has 0 saturated carbocycles. The van der Waals surface area contributed by atoms with Crippen LogP contribution in [0.3, 0.4) is 0 Å². The average Bonchev–Trinajstić information content (AvgIpc) is 3.18. The molecule has 0 saturated heterocycles. The number of phosphoric acid groups is 1. The number of unbranched alkanes of at least 4 members (excludes halogenated alkanes) is 29. The molecule has 338 valence electrons. The monoisotopic (exact) mass is 830 g/mol. The number of nitrogens with zero attached hydrogens (tertiary/aromatic N) is 1. The second-order valence-electron chi connectivity index (χ2n) is 16.6. The molecule has 0 fully saturated rings. The van der Waals surface area contributed by atoms with Crippen LogP contribution in [-0.2, 0) is 32.7 Å². The SMILES string of the molecule is CCCCCCCC/C=C\CCCCCCCCCC(=O)OC(COC(=O)CCCCCCCCCCCCCCCCCCC)COP(=O)(O)OCCN(C)C. The normalized spacial score (nSPS) is 13.4. The number of likely N-dealkylation sites (N-methyl/N-ethyl adjacent to an activating group) is 1. The second kappa shape index (κ2) is 42.9. The van der Waals surface area contributed by atoms with Crippen molar-refractivity contribution in [2.75, 3.05) is 40.5 Å². The number of esters is 2. The standard InChI is InChI=1S/C47H92NO8P/c1-5-7-9-11-13-15-17-19-21-23-25-27-29-31-33-35-37-39-46(49)53-43-45(44-55-57(51,52)54-42-41-48(3)4)56-47(50)40-38-36-34-32-30-28-26-24-22-20-18-16-14-12-10-8-6-2/h20,22,45H,5-19,21,23-44H2,1-4H3,(H,51,52)/b22-20-. The van der Waals surface area contributed by atoms with E-state index in [-0.39, 0.29) is 25.6 Å². The predicted molar refractivity (Wildman–Crippen MR) is 239 cm³/mol. The molecule has 0 bridgehead atoms. The number of rotatable bonds is 45. The topological polar surface area (TPSA) is 112 Å². The summed E-state index contributed by atoms with van der Waals surface area (Å²) >= 11 is 0. The minimum atomic E-state index is -4.36. The third kappa shape index (κ3) is 44.1. The lowest BCUT2D eigenvalue weighted by Crippen LogP contribution is -2.29. The molecule has 9 nitrogen and oxygen atoms in total. The summed E-state index contributed by atoms with van der Waals surface area (Å²) in [5, 5.41) is 0. The maximum absolute atomic E-state index is 12.7. The molecule has 2 unspecified atom stereocenters. The van der Waals surface area contributed by atoms with Crippen molar-refractivity contribution in [1.82, 2.24) is 4.90 Å². The van der Waals surface area contributed by atoms with Crippen molar-refractivity contribution < 1.29 is 37.6 Å². The van der Waals surface area contributed by atoms with Crippen molar-refractivity contribution in [2.45, 2.75) is 238 Å². The predicted octanol–water partition coefficient (Wildman–Crippen LogP) is 14.0. The molecule has 0 spiro atoms. The first-order chi connectivity index (χ1) is 27.7. The van der Waals surface area contributed by atoms with Gasteiger partial charge in [-0.25, -0.2) is 4.57 Å². The van der Waals surface area contributed by atoms with E-state index in [2.05, 4.69) is 26.0 Å². The maximum atomic E-state index is 12.7. The van der Waals surface area contributed by atoms with E-state index in [1.165, 1.54) is 154 Å². The quantitative estimate of drug-likeness (QED) is 0.0277. The Bertz CT molecular complexity index is 962. The summed E-state index contributed by atoms with van der Waals surface area (Å²) in [6.45, 7) is 4.36. The zero-order valence-corrected chi connectivity index (χ0v) is 38.7. The summed E-state index contributed by atoms with van der Waals surface area (Å²) in [5.74, 6) is -0.794. The van der Waals surface area contributed by atoms with Crippen LogP contribution in [-0.4, -0.2) is 68.3 Å². The summed E-state index contributed by atoms with van der Waals surface area (Å²) in [7, 11) is -0.704. The molecule has 0 amide bonds. The van der Waals surface area contributed by atoms with Gasteiger partial charge in [-0.2, -0.15) is 0 Å². The van der Waals surface area contributed by atoms with Gasteiger partial charge in [-0.05, 0) is 52.6 Å². The number of phosphoric ester groups is 1. The largest absolute Gasteiger partial charge is 0.472 e. The Labute approximate surface area is 352 Å². The number of allylic oxidation sites excluding steroid dienone is 2. The van der Waals surface area contributed by atoms with Crippen LogP contribution >= 0.6 is 7.82 Å². The van der Waals surface area contributed by atoms with E-state index < -0.39 is 26.5 Å². The molecule has 0 aromatic carbocycles. The van der Waals surface area contributed by atoms with Gasteiger partial charge >= 0.3 is 19.8 Å². The molecular weight excluding hydrogens is 737 g/mol. The minimum Gasteiger partial charge on any atom is -0.462 e. The molecule has 0 rings (SSSR count). The second-order valence-corrected chi connectivity index (χ2v) is 18.1. The fourth-order valence-corrected chi connectivity index (χ4v) is 7.60. The zero-order chi connectivity index (χ0) is 41.9. The Balaban J connectivity index is 4.20. The van der Waals surface area contributed by atoms with Gasteiger partial charge in [0.25, 0.3) is 0 Å². The molecule has 0 aliphatic heterocycles. The van der Waals surface area contributed by atoms with E-state index in [0.29, 0.717) is 19.4 Å². The molecule has 1 N–H and O–H groups in total. The van der Waals surface area contributed by atoms with Gasteiger partial charge in [-0.15, -0.1) is 0 Å². The van der Waals surface area contributed by atoms with Crippen LogP contribution < -0.4 is 0 Å². The number of carbonyl (C=O) groups is 2. The molecule has 10 heteroatoms. The Morgan fingerprint density at radius 1 is 0.526 bits per heavy atom. The van der Waals surface area contributed by atoms with Crippen LogP contribution in [0, 0.1) is 0 Å². The lowest BCUT2D eigenvalue weighted by molar-refractivity contribution is -0.161. The van der Waals surface area contributed by atoms with E-state index in [1.807, 2.05) is 19.0 Å². The van der Waals surface area contributed by atoms with Gasteiger partial charge in [-0.1, -0.05) is 193 Å². The van der Waals surface area contributed by atoms with Gasteiger partial charge in [0.05, 0.1) is 13.2 Å². The third-order valence-electron chi connectivity index (χ3n) is 10.6. The van der Waals surface area contributed by atoms with E-state index in [0.717, 1.165) is 44.9 Å². The Kier molecular flexibility index (Phi) is 41.9. The highest BCUT2D eigenvalue weighted by Crippen LogP contribution is 2.43. The molecule has 0 radical (unpaired) electrons. The lowest BCUT2D eigenvalue weighted by Gasteiger charge is -2.20. The zero-order valence-electron chi connectivity index (χ0n) is 37.8. The van der Waals surface area contributed by atoms with E-state index in [9.17, 15) is 19.0 Å². The van der Waals surface area contributed by atoms with Gasteiger partial charge in [-0.3, -0.25) is 18.6 Å². The van der Waals surface area contributed by atoms with Gasteiger partial charge in [0.1, 0.15) is 6.61 Å². The molecular formula is C47H92NO8P. The summed E-state index contributed by atoms with van der Waals surface area (Å²) in [6, 6.07) is 0. The Hall–Kier alpha value is -1.25. The van der Waals surface area contributed by atoms with Crippen LogP contribution in [0.4, 0.5) is 0 Å². The highest BCUT2D eigenvalue weighted by molar-refractivity contribution is 7.47. The van der Waals surface area contributed by atoms with Crippen LogP contribution in [0.1, 0.15) is 232 Å². The summed E-state index contributed by atoms with van der Waals surface area (Å²) in [4.78, 5) is 37.1. The van der Waals surface area contributed by atoms with Gasteiger partial charge < -0.3 is 19.3 Å². The number of hydrogen-bond acceptors (Lipinski definition) is 8. The first-order valence-electron chi connectivity index (χ1n) is 24.0. The molecule has 0 heterocycles. The first kappa shape index (κ1) is 55.8. The lowest BCUT2D eigenvalue weighted by atomic mass is 10.0. The van der Waals surface area contributed by atoms with Crippen molar-refractivity contribution in [1.29, 1.82) is 0 Å². The Morgan fingerprint density at radius 3 is 1.30 bits per heavy atom. The molecule has 2 atom stereocenters. The van der Waals surface area contributed by atoms with Crippen molar-refractivity contribution in [3.8, 4) is 0 Å². The van der Waals surface area contributed by atoms with E-state index in [4.69, 9.17) is 18.5 Å². The van der Waals surface area contributed by atoms with E-state index >= 15 is 0 Å². The van der Waals surface area contributed by atoms with Crippen LogP contribution in [0.5, 0.6) is 0 Å². The Morgan fingerprint density at radius 2 is 0.895 bits per heavy atom. The molecule has 0 aromatic heterocycles. The molecule has 0 aliphatic carbocycles. The number of ether oxygens (including phenoxy) is 2. The maximum Gasteiger partial charge on any atom is 0.472 e. The van der Waals surface area contributed by atoms with Gasteiger partial charge in [0.2, 0.25) is 0 Å². The molecule has 0 aliphatic rings. The van der Waals surface area contributed by atoms with Crippen LogP contribution in [0.2, 0.25) is 0 Å². The number of carbonyl (C=O) groups excluding carboxylic acids is 2. The van der Waals surface area contributed by atoms with Crippen LogP contribution in [0.15, 0.2) is 12.2 Å². The average molecular weight is 830 g/mol. The van der Waals surface area contributed by atoms with E-state index in [1.54, 1.807) is 0 Å². The fourth-order valence-electron chi connectivity index (χ4n) is 6.86. The smallest absolute Gasteiger partial charge is 0.462 e. The fraction of sp³-hybridized carbons (Fsp3) is 0.915. The van der Waals surface area contributed by atoms with Crippen molar-refractivity contribution in [2.24, 2.45) is 0 Å². The minimum absolute atomic E-state index is 0.00985. The van der Waals surface area contributed by atoms with Crippen LogP contribution in [0.25, 0.3) is 0 Å². The highest BCUT2D eigenvalue weighted by Gasteiger charge is 2.26. The van der Waals surface area contributed by atoms with Gasteiger partial charge in [0, 0.05) is 19.4 Å². The number of hydrogen-bond donors (Lipinski definition) is 1. The summed E-state index contributed by atoms with van der Waals surface area (Å²) in [5.41, 5.74) is 0. The summed E-state index contributed by atoms with van der Waals surface area (Å²) in [6.07, 6.45) is 43.9.